The van der Waals surface area contributed by atoms with E-state index < -0.39 is 0 Å². The van der Waals surface area contributed by atoms with Crippen LogP contribution in [0.15, 0.2) is 42.5 Å². The molecule has 1 unspecified atom stereocenters. The second-order valence-corrected chi connectivity index (χ2v) is 6.14. The summed E-state index contributed by atoms with van der Waals surface area (Å²) in [7, 11) is 1.56. The van der Waals surface area contributed by atoms with Gasteiger partial charge in [0.2, 0.25) is 5.91 Å². The van der Waals surface area contributed by atoms with Crippen LogP contribution in [0.4, 0.5) is 0 Å². The first kappa shape index (κ1) is 18.7. The van der Waals surface area contributed by atoms with Gasteiger partial charge in [-0.05, 0) is 49.6 Å². The number of nitrogens with one attached hydrogen (secondary N) is 1. The van der Waals surface area contributed by atoms with Crippen molar-refractivity contribution in [2.75, 3.05) is 7.11 Å². The molecule has 4 nitrogen and oxygen atoms in total. The lowest BCUT2D eigenvalue weighted by molar-refractivity contribution is -0.121. The normalized spacial score (nSPS) is 11.7. The molecule has 0 saturated heterocycles. The number of hydrogen-bond donors (Lipinski definition) is 1. The standard InChI is InChI=1S/C21H25NO3/c1-5-16-6-8-17(9-7-16)14(2)22-21(24)13-19-12-18(15(3)23)10-11-20(19)25-4/h6-12,14H,5,13H2,1-4H3,(H,22,24). The topological polar surface area (TPSA) is 55.4 Å². The van der Waals surface area contributed by atoms with Gasteiger partial charge < -0.3 is 10.1 Å². The molecule has 0 radical (unpaired) electrons. The Balaban J connectivity index is 2.08. The van der Waals surface area contributed by atoms with Gasteiger partial charge in [0, 0.05) is 11.1 Å². The number of hydrogen-bond acceptors (Lipinski definition) is 3. The average molecular weight is 339 g/mol. The number of methoxy groups -OCH3 is 1. The molecule has 1 amide bonds. The quantitative estimate of drug-likeness (QED) is 0.779. The predicted octanol–water partition coefficient (Wildman–Crippen LogP) is 3.88. The second kappa shape index (κ2) is 8.47. The number of benzene rings is 2. The van der Waals surface area contributed by atoms with Gasteiger partial charge in [0.05, 0.1) is 19.6 Å². The summed E-state index contributed by atoms with van der Waals surface area (Å²) in [5.41, 5.74) is 3.62. The Morgan fingerprint density at radius 2 is 1.80 bits per heavy atom. The van der Waals surface area contributed by atoms with Gasteiger partial charge in [-0.3, -0.25) is 9.59 Å². The van der Waals surface area contributed by atoms with Crippen molar-refractivity contribution in [2.45, 2.75) is 39.7 Å². The zero-order valence-electron chi connectivity index (χ0n) is 15.3. The first-order valence-corrected chi connectivity index (χ1v) is 8.50. The molecule has 0 bridgehead atoms. The first-order valence-electron chi connectivity index (χ1n) is 8.50. The monoisotopic (exact) mass is 339 g/mol. The Morgan fingerprint density at radius 3 is 2.36 bits per heavy atom. The summed E-state index contributed by atoms with van der Waals surface area (Å²) in [6.07, 6.45) is 1.16. The second-order valence-electron chi connectivity index (χ2n) is 6.14. The van der Waals surface area contributed by atoms with Crippen LogP contribution in [0.2, 0.25) is 0 Å². The minimum atomic E-state index is -0.105. The molecule has 132 valence electrons. The van der Waals surface area contributed by atoms with Crippen molar-refractivity contribution in [3.05, 3.63) is 64.7 Å². The molecule has 0 saturated carbocycles. The number of ketones is 1. The van der Waals surface area contributed by atoms with Crippen LogP contribution in [0.1, 0.15) is 53.9 Å². The fourth-order valence-electron chi connectivity index (χ4n) is 2.73. The van der Waals surface area contributed by atoms with Crippen LogP contribution in [0.3, 0.4) is 0 Å². The molecule has 2 aromatic rings. The molecule has 2 rings (SSSR count). The average Bonchev–Trinajstić information content (AvgIpc) is 2.61. The summed E-state index contributed by atoms with van der Waals surface area (Å²) in [5.74, 6) is 0.472. The SMILES string of the molecule is CCc1ccc(C(C)NC(=O)Cc2cc(C(C)=O)ccc2OC)cc1. The van der Waals surface area contributed by atoms with E-state index >= 15 is 0 Å². The molecule has 0 aromatic heterocycles. The highest BCUT2D eigenvalue weighted by Crippen LogP contribution is 2.21. The minimum Gasteiger partial charge on any atom is -0.496 e. The highest BCUT2D eigenvalue weighted by atomic mass is 16.5. The van der Waals surface area contributed by atoms with Crippen LogP contribution >= 0.6 is 0 Å². The van der Waals surface area contributed by atoms with Crippen molar-refractivity contribution in [2.24, 2.45) is 0 Å². The third-order valence-electron chi connectivity index (χ3n) is 4.30. The molecule has 25 heavy (non-hydrogen) atoms. The summed E-state index contributed by atoms with van der Waals surface area (Å²) >= 11 is 0. The van der Waals surface area contributed by atoms with Gasteiger partial charge in [-0.1, -0.05) is 31.2 Å². The van der Waals surface area contributed by atoms with Gasteiger partial charge in [-0.2, -0.15) is 0 Å². The van der Waals surface area contributed by atoms with E-state index in [-0.39, 0.29) is 24.2 Å². The third-order valence-corrected chi connectivity index (χ3v) is 4.30. The molecule has 0 fully saturated rings. The van der Waals surface area contributed by atoms with Gasteiger partial charge >= 0.3 is 0 Å². The van der Waals surface area contributed by atoms with Gasteiger partial charge in [-0.25, -0.2) is 0 Å². The number of Topliss-reactive ketones (excluding diaryl/α,β-unsaturated/α-hetero) is 1. The van der Waals surface area contributed by atoms with Crippen LogP contribution in [-0.4, -0.2) is 18.8 Å². The Hall–Kier alpha value is -2.62. The molecule has 1 atom stereocenters. The highest BCUT2D eigenvalue weighted by Gasteiger charge is 2.14. The molecule has 0 spiro atoms. The van der Waals surface area contributed by atoms with E-state index in [0.29, 0.717) is 16.9 Å². The highest BCUT2D eigenvalue weighted by molar-refractivity contribution is 5.94. The van der Waals surface area contributed by atoms with Gasteiger partial charge in [0.15, 0.2) is 5.78 Å². The van der Waals surface area contributed by atoms with Crippen LogP contribution in [0.5, 0.6) is 5.75 Å². The Bertz CT molecular complexity index is 750. The van der Waals surface area contributed by atoms with E-state index in [0.717, 1.165) is 12.0 Å². The molecule has 0 aliphatic rings. The minimum absolute atomic E-state index is 0.0336. The molecule has 0 aliphatic heterocycles. The smallest absolute Gasteiger partial charge is 0.225 e. The first-order chi connectivity index (χ1) is 11.9. The Morgan fingerprint density at radius 1 is 1.12 bits per heavy atom. The van der Waals surface area contributed by atoms with E-state index in [1.807, 2.05) is 19.1 Å². The van der Waals surface area contributed by atoms with Gasteiger partial charge in [-0.15, -0.1) is 0 Å². The van der Waals surface area contributed by atoms with Gasteiger partial charge in [0.25, 0.3) is 0 Å². The fraction of sp³-hybridized carbons (Fsp3) is 0.333. The predicted molar refractivity (Wildman–Crippen MR) is 99.1 cm³/mol. The number of carbonyl (C=O) groups excluding carboxylic acids is 2. The van der Waals surface area contributed by atoms with Crippen LogP contribution in [0.25, 0.3) is 0 Å². The van der Waals surface area contributed by atoms with E-state index in [4.69, 9.17) is 4.74 Å². The number of rotatable bonds is 7. The largest absolute Gasteiger partial charge is 0.496 e. The van der Waals surface area contributed by atoms with Gasteiger partial charge in [0.1, 0.15) is 5.75 Å². The number of carbonyl (C=O) groups is 2. The zero-order valence-corrected chi connectivity index (χ0v) is 15.3. The van der Waals surface area contributed by atoms with Crippen LogP contribution in [-0.2, 0) is 17.6 Å². The molecule has 1 N–H and O–H groups in total. The van der Waals surface area contributed by atoms with E-state index in [1.165, 1.54) is 12.5 Å². The molecule has 0 heterocycles. The van der Waals surface area contributed by atoms with E-state index in [9.17, 15) is 9.59 Å². The molecular formula is C21H25NO3. The Labute approximate surface area is 149 Å². The van der Waals surface area contributed by atoms with Crippen molar-refractivity contribution in [1.29, 1.82) is 0 Å². The number of aryl methyl sites for hydroxylation is 1. The van der Waals surface area contributed by atoms with Crippen LogP contribution in [0, 0.1) is 0 Å². The summed E-state index contributed by atoms with van der Waals surface area (Å²) in [4.78, 5) is 24.0. The lowest BCUT2D eigenvalue weighted by Gasteiger charge is -2.16. The van der Waals surface area contributed by atoms with Crippen LogP contribution < -0.4 is 10.1 Å². The fourth-order valence-corrected chi connectivity index (χ4v) is 2.73. The zero-order chi connectivity index (χ0) is 18.4. The summed E-state index contributed by atoms with van der Waals surface area (Å²) in [5, 5.41) is 3.00. The molecule has 4 heteroatoms. The lowest BCUT2D eigenvalue weighted by Crippen LogP contribution is -2.28. The summed E-state index contributed by atoms with van der Waals surface area (Å²) < 4.78 is 5.30. The summed E-state index contributed by atoms with van der Waals surface area (Å²) in [6.45, 7) is 5.58. The van der Waals surface area contributed by atoms with Crippen molar-refractivity contribution < 1.29 is 14.3 Å². The molecular weight excluding hydrogens is 314 g/mol. The van der Waals surface area contributed by atoms with Crippen molar-refractivity contribution >= 4 is 11.7 Å². The van der Waals surface area contributed by atoms with E-state index in [1.54, 1.807) is 25.3 Å². The lowest BCUT2D eigenvalue weighted by atomic mass is 10.0. The summed E-state index contributed by atoms with van der Waals surface area (Å²) in [6, 6.07) is 13.3. The van der Waals surface area contributed by atoms with Crippen molar-refractivity contribution in [3.63, 3.8) is 0 Å². The Kier molecular flexibility index (Phi) is 6.34. The number of ether oxygens (including phenoxy) is 1. The maximum Gasteiger partial charge on any atom is 0.225 e. The molecule has 2 aromatic carbocycles. The maximum absolute atomic E-state index is 12.4. The third kappa shape index (κ3) is 4.92. The number of amides is 1. The van der Waals surface area contributed by atoms with E-state index in [2.05, 4.69) is 24.4 Å². The maximum atomic E-state index is 12.4. The van der Waals surface area contributed by atoms with Crippen molar-refractivity contribution in [1.82, 2.24) is 5.32 Å². The van der Waals surface area contributed by atoms with Crippen molar-refractivity contribution in [3.8, 4) is 5.75 Å². The molecule has 0 aliphatic carbocycles.